The van der Waals surface area contributed by atoms with Crippen molar-refractivity contribution in [2.45, 2.75) is 26.3 Å². The molecule has 0 radical (unpaired) electrons. The van der Waals surface area contributed by atoms with Crippen molar-refractivity contribution in [1.82, 2.24) is 4.90 Å². The van der Waals surface area contributed by atoms with Gasteiger partial charge in [0.15, 0.2) is 0 Å². The van der Waals surface area contributed by atoms with E-state index in [9.17, 15) is 0 Å². The van der Waals surface area contributed by atoms with E-state index in [2.05, 4.69) is 34.2 Å². The Hall–Kier alpha value is -1.88. The van der Waals surface area contributed by atoms with Crippen LogP contribution in [0, 0.1) is 5.92 Å². The molecular formula is C15H23N5. The zero-order valence-electron chi connectivity index (χ0n) is 12.0. The van der Waals surface area contributed by atoms with Crippen molar-refractivity contribution in [1.29, 1.82) is 0 Å². The molecule has 108 valence electrons. The molecule has 0 saturated carbocycles. The van der Waals surface area contributed by atoms with Gasteiger partial charge in [0.2, 0.25) is 5.96 Å². The molecule has 1 aliphatic rings. The van der Waals surface area contributed by atoms with E-state index in [1.165, 1.54) is 31.5 Å². The second-order valence-electron chi connectivity index (χ2n) is 5.50. The maximum absolute atomic E-state index is 5.23. The Bertz CT molecular complexity index is 491. The molecule has 5 nitrogen and oxygen atoms in total. The average Bonchev–Trinajstić information content (AvgIpc) is 2.39. The van der Waals surface area contributed by atoms with Crippen LogP contribution in [0.5, 0.6) is 0 Å². The van der Waals surface area contributed by atoms with Gasteiger partial charge in [-0.25, -0.2) is 0 Å². The van der Waals surface area contributed by atoms with Crippen LogP contribution in [0.2, 0.25) is 0 Å². The summed E-state index contributed by atoms with van der Waals surface area (Å²) in [6.45, 7) is 5.70. The molecule has 0 amide bonds. The lowest BCUT2D eigenvalue weighted by Gasteiger charge is -2.30. The molecule has 1 unspecified atom stereocenters. The summed E-state index contributed by atoms with van der Waals surface area (Å²) in [6.07, 6.45) is 4.32. The van der Waals surface area contributed by atoms with Crippen LogP contribution in [0.25, 0.3) is 0 Å². The Labute approximate surface area is 120 Å². The van der Waals surface area contributed by atoms with Crippen LogP contribution in [-0.4, -0.2) is 30.2 Å². The van der Waals surface area contributed by atoms with Crippen molar-refractivity contribution in [3.05, 3.63) is 35.4 Å². The Morgan fingerprint density at radius 1 is 1.45 bits per heavy atom. The number of nitrogens with zero attached hydrogens (tertiary/aromatic N) is 3. The van der Waals surface area contributed by atoms with Gasteiger partial charge in [-0.05, 0) is 42.5 Å². The number of hydrogen-bond acceptors (Lipinski definition) is 3. The van der Waals surface area contributed by atoms with Gasteiger partial charge >= 0.3 is 0 Å². The summed E-state index contributed by atoms with van der Waals surface area (Å²) in [7, 11) is 0. The summed E-state index contributed by atoms with van der Waals surface area (Å²) in [5.74, 6) is 0.773. The quantitative estimate of drug-likeness (QED) is 0.496. The number of piperidine rings is 1. The van der Waals surface area contributed by atoms with E-state index in [1.807, 2.05) is 12.1 Å². The van der Waals surface area contributed by atoms with E-state index in [-0.39, 0.29) is 5.96 Å². The van der Waals surface area contributed by atoms with Gasteiger partial charge in [-0.3, -0.25) is 4.90 Å². The number of benzene rings is 1. The molecule has 1 aliphatic heterocycles. The van der Waals surface area contributed by atoms with Gasteiger partial charge < -0.3 is 11.5 Å². The monoisotopic (exact) mass is 273 g/mol. The predicted octanol–water partition coefficient (Wildman–Crippen LogP) is 1.53. The van der Waals surface area contributed by atoms with Crippen LogP contribution in [0.4, 0.5) is 0 Å². The Balaban J connectivity index is 1.98. The summed E-state index contributed by atoms with van der Waals surface area (Å²) in [5.41, 5.74) is 12.8. The van der Waals surface area contributed by atoms with Gasteiger partial charge in [-0.15, -0.1) is 5.10 Å². The summed E-state index contributed by atoms with van der Waals surface area (Å²) in [4.78, 5) is 2.51. The number of guanidine groups is 1. The second kappa shape index (κ2) is 7.05. The molecule has 0 aromatic heterocycles. The van der Waals surface area contributed by atoms with E-state index in [4.69, 9.17) is 11.5 Å². The fourth-order valence-electron chi connectivity index (χ4n) is 2.62. The van der Waals surface area contributed by atoms with E-state index in [1.54, 1.807) is 6.21 Å². The normalized spacial score (nSPS) is 20.1. The van der Waals surface area contributed by atoms with Crippen LogP contribution < -0.4 is 11.5 Å². The maximum atomic E-state index is 5.23. The van der Waals surface area contributed by atoms with Gasteiger partial charge in [0.05, 0.1) is 6.21 Å². The molecule has 1 saturated heterocycles. The van der Waals surface area contributed by atoms with Crippen LogP contribution in [-0.2, 0) is 6.54 Å². The lowest BCUT2D eigenvalue weighted by Crippen LogP contribution is -2.33. The minimum absolute atomic E-state index is 0.0280. The smallest absolute Gasteiger partial charge is 0.211 e. The largest absolute Gasteiger partial charge is 0.369 e. The topological polar surface area (TPSA) is 80.0 Å². The van der Waals surface area contributed by atoms with Crippen LogP contribution in [0.1, 0.15) is 30.9 Å². The first-order chi connectivity index (χ1) is 9.63. The highest BCUT2D eigenvalue weighted by molar-refractivity contribution is 5.81. The number of hydrogen-bond donors (Lipinski definition) is 2. The third-order valence-electron chi connectivity index (χ3n) is 3.48. The molecule has 1 atom stereocenters. The molecule has 20 heavy (non-hydrogen) atoms. The first kappa shape index (κ1) is 14.5. The van der Waals surface area contributed by atoms with E-state index < -0.39 is 0 Å². The van der Waals surface area contributed by atoms with Crippen molar-refractivity contribution in [2.75, 3.05) is 13.1 Å². The van der Waals surface area contributed by atoms with Gasteiger partial charge in [-0.2, -0.15) is 5.10 Å². The third kappa shape index (κ3) is 4.66. The predicted molar refractivity (Wildman–Crippen MR) is 83.5 cm³/mol. The molecule has 1 heterocycles. The van der Waals surface area contributed by atoms with Crippen molar-refractivity contribution >= 4 is 12.2 Å². The Morgan fingerprint density at radius 3 is 3.05 bits per heavy atom. The number of likely N-dealkylation sites (tertiary alicyclic amines) is 1. The highest BCUT2D eigenvalue weighted by Gasteiger charge is 2.16. The van der Waals surface area contributed by atoms with Crippen LogP contribution >= 0.6 is 0 Å². The van der Waals surface area contributed by atoms with Crippen molar-refractivity contribution in [3.63, 3.8) is 0 Å². The number of nitrogens with two attached hydrogens (primary N) is 2. The van der Waals surface area contributed by atoms with Crippen LogP contribution in [0.3, 0.4) is 0 Å². The first-order valence-corrected chi connectivity index (χ1v) is 7.07. The summed E-state index contributed by atoms with van der Waals surface area (Å²) in [5, 5.41) is 7.45. The highest BCUT2D eigenvalue weighted by atomic mass is 15.3. The zero-order chi connectivity index (χ0) is 14.4. The number of rotatable bonds is 4. The van der Waals surface area contributed by atoms with Crippen molar-refractivity contribution in [3.8, 4) is 0 Å². The minimum Gasteiger partial charge on any atom is -0.369 e. The summed E-state index contributed by atoms with van der Waals surface area (Å²) < 4.78 is 0. The third-order valence-corrected chi connectivity index (χ3v) is 3.48. The lowest BCUT2D eigenvalue weighted by molar-refractivity contribution is 0.176. The van der Waals surface area contributed by atoms with Gasteiger partial charge in [0.25, 0.3) is 0 Å². The fourth-order valence-corrected chi connectivity index (χ4v) is 2.62. The Morgan fingerprint density at radius 2 is 2.30 bits per heavy atom. The highest BCUT2D eigenvalue weighted by Crippen LogP contribution is 2.18. The van der Waals surface area contributed by atoms with E-state index in [0.717, 1.165) is 18.0 Å². The average molecular weight is 273 g/mol. The first-order valence-electron chi connectivity index (χ1n) is 7.07. The maximum Gasteiger partial charge on any atom is 0.211 e. The van der Waals surface area contributed by atoms with Crippen molar-refractivity contribution in [2.24, 2.45) is 27.6 Å². The fraction of sp³-hybridized carbons (Fsp3) is 0.467. The van der Waals surface area contributed by atoms with E-state index in [0.29, 0.717) is 0 Å². The standard InChI is InChI=1S/C15H23N5/c1-12-4-3-7-20(10-12)11-14-6-2-5-13(8-14)9-18-19-15(16)17/h2,5-6,8-9,12H,3-4,7,10-11H2,1H3,(H4,16,17,19). The van der Waals surface area contributed by atoms with E-state index >= 15 is 0 Å². The molecule has 1 aromatic rings. The van der Waals surface area contributed by atoms with Gasteiger partial charge in [0, 0.05) is 13.1 Å². The Kier molecular flexibility index (Phi) is 5.12. The molecule has 1 fully saturated rings. The molecular weight excluding hydrogens is 250 g/mol. The van der Waals surface area contributed by atoms with Gasteiger partial charge in [0.1, 0.15) is 0 Å². The summed E-state index contributed by atoms with van der Waals surface area (Å²) >= 11 is 0. The SMILES string of the molecule is CC1CCCN(Cc2cccc(C=NN=C(N)N)c2)C1. The van der Waals surface area contributed by atoms with Crippen LogP contribution in [0.15, 0.2) is 34.5 Å². The molecule has 1 aromatic carbocycles. The minimum atomic E-state index is -0.0280. The molecule has 0 spiro atoms. The van der Waals surface area contributed by atoms with Crippen molar-refractivity contribution < 1.29 is 0 Å². The van der Waals surface area contributed by atoms with Gasteiger partial charge in [-0.1, -0.05) is 25.1 Å². The molecule has 2 rings (SSSR count). The zero-order valence-corrected chi connectivity index (χ0v) is 12.0. The summed E-state index contributed by atoms with van der Waals surface area (Å²) in [6, 6.07) is 8.32. The molecule has 0 bridgehead atoms. The second-order valence-corrected chi connectivity index (χ2v) is 5.50. The molecule has 0 aliphatic carbocycles. The molecule has 4 N–H and O–H groups in total. The lowest BCUT2D eigenvalue weighted by atomic mass is 9.99. The molecule has 5 heteroatoms.